The number of benzene rings is 1. The van der Waals surface area contributed by atoms with Gasteiger partial charge in [-0.15, -0.1) is 0 Å². The van der Waals surface area contributed by atoms with Crippen LogP contribution in [-0.2, 0) is 11.2 Å². The number of aromatic nitrogens is 1. The third-order valence-electron chi connectivity index (χ3n) is 4.88. The summed E-state index contributed by atoms with van der Waals surface area (Å²) in [5, 5.41) is 18.2. The summed E-state index contributed by atoms with van der Waals surface area (Å²) >= 11 is 0. The molecular weight excluding hydrogens is 366 g/mol. The van der Waals surface area contributed by atoms with Crippen LogP contribution in [0.2, 0.25) is 0 Å². The molecule has 0 aliphatic carbocycles. The zero-order valence-electron chi connectivity index (χ0n) is 15.8. The van der Waals surface area contributed by atoms with E-state index in [-0.39, 0.29) is 17.5 Å². The van der Waals surface area contributed by atoms with Crippen molar-refractivity contribution < 1.29 is 29.3 Å². The van der Waals surface area contributed by atoms with Gasteiger partial charge in [-0.3, -0.25) is 4.79 Å². The van der Waals surface area contributed by atoms with Crippen LogP contribution in [0.5, 0.6) is 11.5 Å². The van der Waals surface area contributed by atoms with Crippen LogP contribution in [0.1, 0.15) is 35.8 Å². The second-order valence-electron chi connectivity index (χ2n) is 7.01. The molecule has 3 rings (SSSR count). The largest absolute Gasteiger partial charge is 0.493 e. The molecule has 0 amide bonds. The molecule has 2 heterocycles. The van der Waals surface area contributed by atoms with Crippen molar-refractivity contribution in [1.29, 1.82) is 0 Å². The number of hydrogen-bond acceptors (Lipinski definition) is 5. The molecule has 8 nitrogen and oxygen atoms in total. The first-order chi connectivity index (χ1) is 13.2. The molecule has 0 unspecified atom stereocenters. The summed E-state index contributed by atoms with van der Waals surface area (Å²) in [6.45, 7) is 3.54. The highest BCUT2D eigenvalue weighted by atomic mass is 16.5. The smallest absolute Gasteiger partial charge is 0.341 e. The SMILES string of the molecule is COc1cc2c(cc1OCC(=O)O)C[C@@H](C(C)C)n1cc(C(=O)O)c(=O)cc1-2. The fourth-order valence-corrected chi connectivity index (χ4v) is 3.50. The van der Waals surface area contributed by atoms with Crippen molar-refractivity contribution in [2.45, 2.75) is 26.3 Å². The molecule has 8 heteroatoms. The van der Waals surface area contributed by atoms with E-state index in [1.54, 1.807) is 12.1 Å². The van der Waals surface area contributed by atoms with Gasteiger partial charge < -0.3 is 24.3 Å². The van der Waals surface area contributed by atoms with E-state index in [0.29, 0.717) is 23.6 Å². The lowest BCUT2D eigenvalue weighted by Gasteiger charge is -2.33. The standard InChI is InChI=1S/C20H21NO7/c1-10(2)14-4-11-5-18(28-9-19(23)24)17(27-3)6-12(11)15-7-16(22)13(20(25)26)8-21(14)15/h5-8,10,14H,4,9H2,1-3H3,(H,23,24)(H,25,26)/t14-/m0/s1. The molecule has 1 atom stereocenters. The van der Waals surface area contributed by atoms with E-state index in [4.69, 9.17) is 14.6 Å². The van der Waals surface area contributed by atoms with Gasteiger partial charge in [-0.1, -0.05) is 13.8 Å². The van der Waals surface area contributed by atoms with Crippen LogP contribution in [0, 0.1) is 5.92 Å². The number of hydrogen-bond donors (Lipinski definition) is 2. The number of methoxy groups -OCH3 is 1. The summed E-state index contributed by atoms with van der Waals surface area (Å²) in [6, 6.07) is 4.68. The van der Waals surface area contributed by atoms with Gasteiger partial charge >= 0.3 is 11.9 Å². The maximum atomic E-state index is 12.3. The average molecular weight is 387 g/mol. The van der Waals surface area contributed by atoms with Crippen LogP contribution in [0.3, 0.4) is 0 Å². The second-order valence-corrected chi connectivity index (χ2v) is 7.01. The number of ether oxygens (including phenoxy) is 2. The van der Waals surface area contributed by atoms with Gasteiger partial charge in [-0.25, -0.2) is 9.59 Å². The zero-order chi connectivity index (χ0) is 20.6. The van der Waals surface area contributed by atoms with E-state index in [9.17, 15) is 19.5 Å². The molecule has 0 spiro atoms. The van der Waals surface area contributed by atoms with Crippen molar-refractivity contribution >= 4 is 11.9 Å². The molecule has 1 aliphatic rings. The molecule has 0 saturated heterocycles. The summed E-state index contributed by atoms with van der Waals surface area (Å²) in [5.74, 6) is -1.54. The fourth-order valence-electron chi connectivity index (χ4n) is 3.50. The number of nitrogens with zero attached hydrogens (tertiary/aromatic N) is 1. The number of carbonyl (C=O) groups is 2. The number of rotatable bonds is 6. The van der Waals surface area contributed by atoms with Crippen molar-refractivity contribution in [2.75, 3.05) is 13.7 Å². The van der Waals surface area contributed by atoms with Crippen molar-refractivity contribution in [2.24, 2.45) is 5.92 Å². The van der Waals surface area contributed by atoms with Crippen LogP contribution in [-0.4, -0.2) is 40.4 Å². The molecule has 0 fully saturated rings. The minimum Gasteiger partial charge on any atom is -0.493 e. The van der Waals surface area contributed by atoms with E-state index >= 15 is 0 Å². The Labute approximate surface area is 160 Å². The molecule has 2 N–H and O–H groups in total. The highest BCUT2D eigenvalue weighted by Gasteiger charge is 2.29. The van der Waals surface area contributed by atoms with E-state index in [1.165, 1.54) is 19.4 Å². The lowest BCUT2D eigenvalue weighted by molar-refractivity contribution is -0.139. The van der Waals surface area contributed by atoms with E-state index in [1.807, 2.05) is 18.4 Å². The summed E-state index contributed by atoms with van der Waals surface area (Å²) in [5.41, 5.74) is 1.36. The lowest BCUT2D eigenvalue weighted by atomic mass is 9.87. The maximum absolute atomic E-state index is 12.3. The lowest BCUT2D eigenvalue weighted by Crippen LogP contribution is -2.28. The van der Waals surface area contributed by atoms with Gasteiger partial charge in [-0.2, -0.15) is 0 Å². The van der Waals surface area contributed by atoms with Crippen LogP contribution < -0.4 is 14.9 Å². The molecule has 2 aromatic rings. The molecular formula is C20H21NO7. The maximum Gasteiger partial charge on any atom is 0.341 e. The monoisotopic (exact) mass is 387 g/mol. The van der Waals surface area contributed by atoms with Crippen LogP contribution in [0.15, 0.2) is 29.2 Å². The normalized spacial score (nSPS) is 14.9. The number of carboxylic acids is 2. The Kier molecular flexibility index (Phi) is 5.13. The Morgan fingerprint density at radius 2 is 1.93 bits per heavy atom. The van der Waals surface area contributed by atoms with Gasteiger partial charge in [-0.05, 0) is 30.0 Å². The van der Waals surface area contributed by atoms with Gasteiger partial charge in [0.1, 0.15) is 5.56 Å². The van der Waals surface area contributed by atoms with E-state index in [2.05, 4.69) is 0 Å². The van der Waals surface area contributed by atoms with Gasteiger partial charge in [0.15, 0.2) is 23.5 Å². The number of pyridine rings is 1. The number of aromatic carboxylic acids is 1. The zero-order valence-corrected chi connectivity index (χ0v) is 15.8. The molecule has 0 radical (unpaired) electrons. The molecule has 0 bridgehead atoms. The summed E-state index contributed by atoms with van der Waals surface area (Å²) in [6.07, 6.45) is 1.98. The Bertz CT molecular complexity index is 1010. The van der Waals surface area contributed by atoms with Crippen LogP contribution in [0.4, 0.5) is 0 Å². The highest BCUT2D eigenvalue weighted by Crippen LogP contribution is 2.42. The predicted molar refractivity (Wildman–Crippen MR) is 100 cm³/mol. The summed E-state index contributed by atoms with van der Waals surface area (Å²) in [4.78, 5) is 34.5. The third-order valence-corrected chi connectivity index (χ3v) is 4.88. The molecule has 28 heavy (non-hydrogen) atoms. The topological polar surface area (TPSA) is 115 Å². The molecule has 0 saturated carbocycles. The average Bonchev–Trinajstić information content (AvgIpc) is 2.63. The van der Waals surface area contributed by atoms with Crippen molar-refractivity contribution in [3.8, 4) is 22.8 Å². The highest BCUT2D eigenvalue weighted by molar-refractivity contribution is 5.88. The van der Waals surface area contributed by atoms with Crippen molar-refractivity contribution in [1.82, 2.24) is 4.57 Å². The van der Waals surface area contributed by atoms with Gasteiger partial charge in [0, 0.05) is 23.9 Å². The minimum absolute atomic E-state index is 0.0677. The predicted octanol–water partition coefficient (Wildman–Crippen LogP) is 2.44. The fraction of sp³-hybridized carbons (Fsp3) is 0.350. The number of aliphatic carboxylic acids is 1. The Hall–Kier alpha value is -3.29. The number of carboxylic acid groups (broad SMARTS) is 2. The molecule has 1 aromatic heterocycles. The van der Waals surface area contributed by atoms with Crippen molar-refractivity contribution in [3.63, 3.8) is 0 Å². The van der Waals surface area contributed by atoms with Crippen molar-refractivity contribution in [3.05, 3.63) is 45.7 Å². The van der Waals surface area contributed by atoms with Crippen LogP contribution in [0.25, 0.3) is 11.3 Å². The van der Waals surface area contributed by atoms with Gasteiger partial charge in [0.05, 0.1) is 12.8 Å². The Morgan fingerprint density at radius 1 is 1.21 bits per heavy atom. The third kappa shape index (κ3) is 3.45. The molecule has 1 aliphatic heterocycles. The number of fused-ring (bicyclic) bond motifs is 3. The summed E-state index contributed by atoms with van der Waals surface area (Å²) < 4.78 is 12.5. The Morgan fingerprint density at radius 3 is 2.50 bits per heavy atom. The Balaban J connectivity index is 2.21. The first-order valence-electron chi connectivity index (χ1n) is 8.78. The molecule has 1 aromatic carbocycles. The first kappa shape index (κ1) is 19.5. The second kappa shape index (κ2) is 7.38. The van der Waals surface area contributed by atoms with Gasteiger partial charge in [0.25, 0.3) is 0 Å². The van der Waals surface area contributed by atoms with Gasteiger partial charge in [0.2, 0.25) is 0 Å². The quantitative estimate of drug-likeness (QED) is 0.782. The molecule has 148 valence electrons. The summed E-state index contributed by atoms with van der Waals surface area (Å²) in [7, 11) is 1.44. The minimum atomic E-state index is -1.26. The van der Waals surface area contributed by atoms with Crippen LogP contribution >= 0.6 is 0 Å². The van der Waals surface area contributed by atoms with E-state index in [0.717, 1.165) is 11.1 Å². The van der Waals surface area contributed by atoms with E-state index < -0.39 is 24.0 Å². The first-order valence-corrected chi connectivity index (χ1v) is 8.78.